The van der Waals surface area contributed by atoms with E-state index in [1.807, 2.05) is 48.3 Å². The Kier molecular flexibility index (Phi) is 7.85. The molecule has 1 aliphatic rings. The fourth-order valence-electron chi connectivity index (χ4n) is 3.73. The van der Waals surface area contributed by atoms with Gasteiger partial charge in [-0.15, -0.1) is 0 Å². The average molecular weight is 409 g/mol. The van der Waals surface area contributed by atoms with Crippen molar-refractivity contribution in [2.24, 2.45) is 4.99 Å². The maximum atomic E-state index is 13.3. The van der Waals surface area contributed by atoms with Crippen LogP contribution >= 0.6 is 0 Å². The van der Waals surface area contributed by atoms with E-state index in [2.05, 4.69) is 40.3 Å². The van der Waals surface area contributed by atoms with Crippen molar-refractivity contribution in [2.45, 2.75) is 19.4 Å². The van der Waals surface area contributed by atoms with E-state index in [0.717, 1.165) is 18.1 Å². The van der Waals surface area contributed by atoms with Crippen LogP contribution < -0.4 is 5.32 Å². The second kappa shape index (κ2) is 10.8. The topological polar surface area (TPSA) is 57.2 Å². The third kappa shape index (κ3) is 5.60. The number of benzene rings is 2. The molecule has 2 aromatic carbocycles. The van der Waals surface area contributed by atoms with Crippen molar-refractivity contribution in [3.05, 3.63) is 71.3 Å². The van der Waals surface area contributed by atoms with Gasteiger partial charge in [0.2, 0.25) is 5.91 Å². The van der Waals surface area contributed by atoms with Gasteiger partial charge >= 0.3 is 0 Å². The minimum absolute atomic E-state index is 0.133. The van der Waals surface area contributed by atoms with Gasteiger partial charge in [-0.2, -0.15) is 0 Å². The number of hydrogen-bond acceptors (Lipinski definition) is 3. The maximum absolute atomic E-state index is 13.3. The van der Waals surface area contributed by atoms with Gasteiger partial charge in [-0.3, -0.25) is 9.79 Å². The van der Waals surface area contributed by atoms with Crippen molar-refractivity contribution in [1.29, 1.82) is 0 Å². The fraction of sp³-hybridized carbons (Fsp3) is 0.417. The lowest BCUT2D eigenvalue weighted by Crippen LogP contribution is -2.47. The summed E-state index contributed by atoms with van der Waals surface area (Å²) in [6.07, 6.45) is 0. The standard InChI is InChI=1S/C24H32N4O2/c1-19-9-7-8-12-21(19)18-27(3)24(25-2)26-17-22(20-10-5-4-6-11-20)23(29)28-13-15-30-16-14-28/h4-12,22H,13-18H2,1-3H3,(H,25,26). The van der Waals surface area contributed by atoms with Gasteiger partial charge in [0.1, 0.15) is 0 Å². The highest BCUT2D eigenvalue weighted by Crippen LogP contribution is 2.19. The molecule has 3 rings (SSSR count). The maximum Gasteiger partial charge on any atom is 0.232 e. The molecule has 1 saturated heterocycles. The Bertz CT molecular complexity index is 847. The second-order valence-corrected chi connectivity index (χ2v) is 7.61. The Morgan fingerprint density at radius 1 is 1.13 bits per heavy atom. The Labute approximate surface area is 179 Å². The minimum Gasteiger partial charge on any atom is -0.378 e. The third-order valence-corrected chi connectivity index (χ3v) is 5.53. The van der Waals surface area contributed by atoms with Gasteiger partial charge in [0.25, 0.3) is 0 Å². The van der Waals surface area contributed by atoms with Gasteiger partial charge in [-0.05, 0) is 23.6 Å². The lowest BCUT2D eigenvalue weighted by Gasteiger charge is -2.31. The summed E-state index contributed by atoms with van der Waals surface area (Å²) in [5, 5.41) is 3.42. The number of nitrogens with zero attached hydrogens (tertiary/aromatic N) is 3. The lowest BCUT2D eigenvalue weighted by atomic mass is 9.97. The molecule has 0 spiro atoms. The van der Waals surface area contributed by atoms with Crippen LogP contribution in [0, 0.1) is 6.92 Å². The van der Waals surface area contributed by atoms with Crippen LogP contribution in [-0.2, 0) is 16.1 Å². The first-order valence-electron chi connectivity index (χ1n) is 10.5. The molecule has 6 heteroatoms. The van der Waals surface area contributed by atoms with E-state index in [1.54, 1.807) is 7.05 Å². The molecule has 0 radical (unpaired) electrons. The van der Waals surface area contributed by atoms with Gasteiger partial charge in [0, 0.05) is 40.3 Å². The summed E-state index contributed by atoms with van der Waals surface area (Å²) >= 11 is 0. The van der Waals surface area contributed by atoms with E-state index in [1.165, 1.54) is 11.1 Å². The van der Waals surface area contributed by atoms with Gasteiger partial charge in [0.15, 0.2) is 5.96 Å². The van der Waals surface area contributed by atoms with Gasteiger partial charge in [-0.1, -0.05) is 54.6 Å². The number of aryl methyl sites for hydroxylation is 1. The molecule has 0 aliphatic carbocycles. The molecule has 1 aliphatic heterocycles. The largest absolute Gasteiger partial charge is 0.378 e. The molecular formula is C24H32N4O2. The summed E-state index contributed by atoms with van der Waals surface area (Å²) in [6.45, 7) is 5.84. The van der Waals surface area contributed by atoms with Crippen LogP contribution in [0.15, 0.2) is 59.6 Å². The summed E-state index contributed by atoms with van der Waals surface area (Å²) in [7, 11) is 3.79. The Hall–Kier alpha value is -2.86. The molecule has 1 N–H and O–H groups in total. The van der Waals surface area contributed by atoms with Crippen molar-refractivity contribution in [3.63, 3.8) is 0 Å². The minimum atomic E-state index is -0.270. The first kappa shape index (κ1) is 21.8. The number of amides is 1. The van der Waals surface area contributed by atoms with E-state index in [0.29, 0.717) is 32.8 Å². The molecule has 1 atom stereocenters. The van der Waals surface area contributed by atoms with Crippen LogP contribution in [0.1, 0.15) is 22.6 Å². The molecule has 0 bridgehead atoms. The number of nitrogens with one attached hydrogen (secondary N) is 1. The predicted octanol–water partition coefficient (Wildman–Crippen LogP) is 2.64. The summed E-state index contributed by atoms with van der Waals surface area (Å²) < 4.78 is 5.41. The van der Waals surface area contributed by atoms with Gasteiger partial charge in [0.05, 0.1) is 19.1 Å². The molecule has 6 nitrogen and oxygen atoms in total. The molecule has 0 saturated carbocycles. The Balaban J connectivity index is 1.70. The number of ether oxygens (including phenoxy) is 1. The van der Waals surface area contributed by atoms with Crippen molar-refractivity contribution < 1.29 is 9.53 Å². The third-order valence-electron chi connectivity index (χ3n) is 5.53. The lowest BCUT2D eigenvalue weighted by molar-refractivity contribution is -0.136. The molecule has 1 heterocycles. The number of carbonyl (C=O) groups is 1. The normalized spacial score (nSPS) is 15.6. The van der Waals surface area contributed by atoms with Crippen molar-refractivity contribution in [1.82, 2.24) is 15.1 Å². The molecule has 1 unspecified atom stereocenters. The molecule has 160 valence electrons. The van der Waals surface area contributed by atoms with Crippen molar-refractivity contribution in [3.8, 4) is 0 Å². The quantitative estimate of drug-likeness (QED) is 0.590. The Morgan fingerprint density at radius 3 is 2.47 bits per heavy atom. The number of morpholine rings is 1. The summed E-state index contributed by atoms with van der Waals surface area (Å²) in [5.41, 5.74) is 3.52. The highest BCUT2D eigenvalue weighted by molar-refractivity contribution is 5.86. The zero-order valence-corrected chi connectivity index (χ0v) is 18.2. The van der Waals surface area contributed by atoms with E-state index >= 15 is 0 Å². The highest BCUT2D eigenvalue weighted by Gasteiger charge is 2.27. The molecule has 30 heavy (non-hydrogen) atoms. The summed E-state index contributed by atoms with van der Waals surface area (Å²) in [6, 6.07) is 18.3. The van der Waals surface area contributed by atoms with Gasteiger partial charge < -0.3 is 19.9 Å². The van der Waals surface area contributed by atoms with E-state index in [-0.39, 0.29) is 11.8 Å². The predicted molar refractivity (Wildman–Crippen MR) is 121 cm³/mol. The SMILES string of the molecule is CN=C(NCC(C(=O)N1CCOCC1)c1ccccc1)N(C)Cc1ccccc1C. The number of guanidine groups is 1. The van der Waals surface area contributed by atoms with E-state index in [9.17, 15) is 4.79 Å². The van der Waals surface area contributed by atoms with Crippen LogP contribution in [0.25, 0.3) is 0 Å². The number of rotatable bonds is 6. The summed E-state index contributed by atoms with van der Waals surface area (Å²) in [5.74, 6) is 0.635. The van der Waals surface area contributed by atoms with Crippen molar-refractivity contribution in [2.75, 3.05) is 46.9 Å². The summed E-state index contributed by atoms with van der Waals surface area (Å²) in [4.78, 5) is 21.7. The number of carbonyl (C=O) groups excluding carboxylic acids is 1. The smallest absolute Gasteiger partial charge is 0.232 e. The first-order valence-corrected chi connectivity index (χ1v) is 10.5. The van der Waals surface area contributed by atoms with E-state index in [4.69, 9.17) is 4.74 Å². The second-order valence-electron chi connectivity index (χ2n) is 7.61. The van der Waals surface area contributed by atoms with Crippen LogP contribution in [0.4, 0.5) is 0 Å². The average Bonchev–Trinajstić information content (AvgIpc) is 2.79. The van der Waals surface area contributed by atoms with Crippen molar-refractivity contribution >= 4 is 11.9 Å². The number of aliphatic imine (C=N–C) groups is 1. The van der Waals surface area contributed by atoms with Crippen LogP contribution in [0.5, 0.6) is 0 Å². The highest BCUT2D eigenvalue weighted by atomic mass is 16.5. The van der Waals surface area contributed by atoms with E-state index < -0.39 is 0 Å². The van der Waals surface area contributed by atoms with Crippen LogP contribution in [0.3, 0.4) is 0 Å². The fourth-order valence-corrected chi connectivity index (χ4v) is 3.73. The molecule has 0 aromatic heterocycles. The molecule has 1 fully saturated rings. The molecule has 2 aromatic rings. The first-order chi connectivity index (χ1) is 14.6. The molecular weight excluding hydrogens is 376 g/mol. The van der Waals surface area contributed by atoms with Crippen LogP contribution in [0.2, 0.25) is 0 Å². The monoisotopic (exact) mass is 408 g/mol. The Morgan fingerprint density at radius 2 is 1.80 bits per heavy atom. The zero-order chi connectivity index (χ0) is 21.3. The zero-order valence-electron chi connectivity index (χ0n) is 18.2. The van der Waals surface area contributed by atoms with Crippen LogP contribution in [-0.4, -0.2) is 68.6 Å². The number of hydrogen-bond donors (Lipinski definition) is 1. The van der Waals surface area contributed by atoms with Gasteiger partial charge in [-0.25, -0.2) is 0 Å². The molecule has 1 amide bonds.